The topological polar surface area (TPSA) is 63.8 Å². The third-order valence-electron chi connectivity index (χ3n) is 3.65. The third kappa shape index (κ3) is 2.56. The molecule has 1 N–H and O–H groups in total. The fraction of sp³-hybridized carbons (Fsp3) is 0.400. The summed E-state index contributed by atoms with van der Waals surface area (Å²) >= 11 is 1.27. The molecule has 0 saturated heterocycles. The summed E-state index contributed by atoms with van der Waals surface area (Å²) in [6.07, 6.45) is 0.675. The van der Waals surface area contributed by atoms with Gasteiger partial charge in [0.25, 0.3) is 0 Å². The smallest absolute Gasteiger partial charge is 0.112 e. The minimum absolute atomic E-state index is 0.486. The Bertz CT molecular complexity index is 749. The van der Waals surface area contributed by atoms with Gasteiger partial charge in [-0.3, -0.25) is 0 Å². The number of aromatic nitrogens is 4. The first kappa shape index (κ1) is 14.2. The third-order valence-corrected chi connectivity index (χ3v) is 4.52. The minimum atomic E-state index is -0.595. The molecule has 2 heterocycles. The molecular formula is C15H18N4OS. The molecule has 0 spiro atoms. The molecule has 0 fully saturated rings. The van der Waals surface area contributed by atoms with Gasteiger partial charge in [-0.1, -0.05) is 23.5 Å². The van der Waals surface area contributed by atoms with Crippen LogP contribution in [-0.2, 0) is 19.4 Å². The van der Waals surface area contributed by atoms with E-state index in [1.165, 1.54) is 11.5 Å². The first-order valence-electron chi connectivity index (χ1n) is 7.17. The maximum absolute atomic E-state index is 10.5. The van der Waals surface area contributed by atoms with Crippen molar-refractivity contribution in [2.45, 2.75) is 39.3 Å². The highest BCUT2D eigenvalue weighted by Gasteiger charge is 2.19. The van der Waals surface area contributed by atoms with Crippen molar-refractivity contribution in [1.29, 1.82) is 0 Å². The lowest BCUT2D eigenvalue weighted by Crippen LogP contribution is -2.09. The SMILES string of the molecule is CCc1nnsc1C(O)Cc1nc2ccccc2n1CC. The molecule has 0 saturated carbocycles. The molecule has 2 aromatic heterocycles. The zero-order valence-corrected chi connectivity index (χ0v) is 13.0. The van der Waals surface area contributed by atoms with Crippen molar-refractivity contribution >= 4 is 22.6 Å². The lowest BCUT2D eigenvalue weighted by Gasteiger charge is -2.10. The van der Waals surface area contributed by atoms with E-state index in [9.17, 15) is 5.11 Å². The Morgan fingerprint density at radius 2 is 2.10 bits per heavy atom. The predicted octanol–water partition coefficient (Wildman–Crippen LogP) is 2.75. The quantitative estimate of drug-likeness (QED) is 0.787. The molecular weight excluding hydrogens is 284 g/mol. The normalized spacial score (nSPS) is 12.9. The monoisotopic (exact) mass is 302 g/mol. The van der Waals surface area contributed by atoms with Crippen molar-refractivity contribution in [2.75, 3.05) is 0 Å². The predicted molar refractivity (Wildman–Crippen MR) is 83.4 cm³/mol. The Hall–Kier alpha value is -1.79. The van der Waals surface area contributed by atoms with Gasteiger partial charge in [0.15, 0.2) is 0 Å². The lowest BCUT2D eigenvalue weighted by molar-refractivity contribution is 0.177. The molecule has 0 radical (unpaired) electrons. The van der Waals surface area contributed by atoms with E-state index in [1.54, 1.807) is 0 Å². The van der Waals surface area contributed by atoms with Gasteiger partial charge >= 0.3 is 0 Å². The molecule has 1 atom stereocenters. The maximum Gasteiger partial charge on any atom is 0.112 e. The second-order valence-corrected chi connectivity index (χ2v) is 5.70. The van der Waals surface area contributed by atoms with Crippen LogP contribution in [0.25, 0.3) is 11.0 Å². The van der Waals surface area contributed by atoms with Crippen molar-refractivity contribution in [3.05, 3.63) is 40.7 Å². The molecule has 1 aromatic carbocycles. The van der Waals surface area contributed by atoms with E-state index in [0.717, 1.165) is 40.4 Å². The highest BCUT2D eigenvalue weighted by molar-refractivity contribution is 7.05. The van der Waals surface area contributed by atoms with E-state index in [4.69, 9.17) is 0 Å². The Morgan fingerprint density at radius 3 is 2.86 bits per heavy atom. The molecule has 3 aromatic rings. The number of aliphatic hydroxyl groups excluding tert-OH is 1. The lowest BCUT2D eigenvalue weighted by atomic mass is 10.1. The van der Waals surface area contributed by atoms with E-state index in [2.05, 4.69) is 32.1 Å². The fourth-order valence-electron chi connectivity index (χ4n) is 2.61. The van der Waals surface area contributed by atoms with Crippen LogP contribution in [0.5, 0.6) is 0 Å². The number of imidazole rings is 1. The molecule has 0 amide bonds. The number of nitrogens with zero attached hydrogens (tertiary/aromatic N) is 4. The standard InChI is InChI=1S/C15H18N4OS/c1-3-10-15(21-18-17-10)13(20)9-14-16-11-7-5-6-8-12(11)19(14)4-2/h5-8,13,20H,3-4,9H2,1-2H3. The summed E-state index contributed by atoms with van der Waals surface area (Å²) in [7, 11) is 0. The van der Waals surface area contributed by atoms with Crippen LogP contribution in [0.2, 0.25) is 0 Å². The Morgan fingerprint density at radius 1 is 1.29 bits per heavy atom. The van der Waals surface area contributed by atoms with Crippen LogP contribution in [0, 0.1) is 0 Å². The van der Waals surface area contributed by atoms with E-state index in [1.807, 2.05) is 25.1 Å². The highest BCUT2D eigenvalue weighted by Crippen LogP contribution is 2.26. The van der Waals surface area contributed by atoms with Gasteiger partial charge in [0.2, 0.25) is 0 Å². The second kappa shape index (κ2) is 5.91. The number of fused-ring (bicyclic) bond motifs is 1. The second-order valence-electron chi connectivity index (χ2n) is 4.92. The van der Waals surface area contributed by atoms with Crippen LogP contribution >= 0.6 is 11.5 Å². The van der Waals surface area contributed by atoms with Crippen LogP contribution < -0.4 is 0 Å². The molecule has 6 heteroatoms. The summed E-state index contributed by atoms with van der Waals surface area (Å²) in [5.74, 6) is 0.904. The highest BCUT2D eigenvalue weighted by atomic mass is 32.1. The Kier molecular flexibility index (Phi) is 3.98. The zero-order valence-electron chi connectivity index (χ0n) is 12.2. The average Bonchev–Trinajstić information content (AvgIpc) is 3.10. The van der Waals surface area contributed by atoms with Gasteiger partial charge in [0, 0.05) is 13.0 Å². The van der Waals surface area contributed by atoms with Crippen molar-refractivity contribution in [3.63, 3.8) is 0 Å². The number of para-hydroxylation sites is 2. The van der Waals surface area contributed by atoms with E-state index >= 15 is 0 Å². The van der Waals surface area contributed by atoms with Gasteiger partial charge < -0.3 is 9.67 Å². The number of benzene rings is 1. The summed E-state index contributed by atoms with van der Waals surface area (Å²) in [5.41, 5.74) is 2.96. The fourth-order valence-corrected chi connectivity index (χ4v) is 3.34. The largest absolute Gasteiger partial charge is 0.387 e. The van der Waals surface area contributed by atoms with Crippen LogP contribution in [0.3, 0.4) is 0 Å². The molecule has 5 nitrogen and oxygen atoms in total. The van der Waals surface area contributed by atoms with Gasteiger partial charge in [-0.2, -0.15) is 0 Å². The number of aryl methyl sites for hydroxylation is 2. The van der Waals surface area contributed by atoms with Gasteiger partial charge in [-0.05, 0) is 37.0 Å². The van der Waals surface area contributed by atoms with E-state index < -0.39 is 6.10 Å². The van der Waals surface area contributed by atoms with Crippen LogP contribution in [0.1, 0.15) is 36.3 Å². The molecule has 0 aliphatic carbocycles. The summed E-state index contributed by atoms with van der Waals surface area (Å²) in [5, 5.41) is 14.6. The van der Waals surface area contributed by atoms with Crippen molar-refractivity contribution in [2.24, 2.45) is 0 Å². The molecule has 21 heavy (non-hydrogen) atoms. The van der Waals surface area contributed by atoms with E-state index in [-0.39, 0.29) is 0 Å². The molecule has 0 aliphatic heterocycles. The summed E-state index contributed by atoms with van der Waals surface area (Å²) in [6.45, 7) is 4.95. The van der Waals surface area contributed by atoms with Crippen LogP contribution in [0.15, 0.2) is 24.3 Å². The average molecular weight is 302 g/mol. The summed E-state index contributed by atoms with van der Waals surface area (Å²) < 4.78 is 6.10. The number of hydrogen-bond acceptors (Lipinski definition) is 5. The van der Waals surface area contributed by atoms with E-state index in [0.29, 0.717) is 6.42 Å². The van der Waals surface area contributed by atoms with Gasteiger partial charge in [0.1, 0.15) is 5.82 Å². The van der Waals surface area contributed by atoms with Crippen LogP contribution in [0.4, 0.5) is 0 Å². The summed E-state index contributed by atoms with van der Waals surface area (Å²) in [4.78, 5) is 5.51. The minimum Gasteiger partial charge on any atom is -0.387 e. The first-order valence-corrected chi connectivity index (χ1v) is 7.95. The maximum atomic E-state index is 10.5. The van der Waals surface area contributed by atoms with Crippen molar-refractivity contribution in [3.8, 4) is 0 Å². The molecule has 110 valence electrons. The van der Waals surface area contributed by atoms with Crippen molar-refractivity contribution < 1.29 is 5.11 Å². The van der Waals surface area contributed by atoms with Gasteiger partial charge in [-0.15, -0.1) is 5.10 Å². The van der Waals surface area contributed by atoms with Gasteiger partial charge in [0.05, 0.1) is 27.7 Å². The van der Waals surface area contributed by atoms with Crippen LogP contribution in [-0.4, -0.2) is 24.2 Å². The number of aliphatic hydroxyl groups is 1. The number of hydrogen-bond donors (Lipinski definition) is 1. The van der Waals surface area contributed by atoms with Gasteiger partial charge in [-0.25, -0.2) is 4.98 Å². The molecule has 0 bridgehead atoms. The zero-order chi connectivity index (χ0) is 14.8. The van der Waals surface area contributed by atoms with Crippen molar-refractivity contribution in [1.82, 2.24) is 19.1 Å². The Balaban J connectivity index is 1.94. The molecule has 0 aliphatic rings. The molecule has 1 unspecified atom stereocenters. The summed E-state index contributed by atoms with van der Waals surface area (Å²) in [6, 6.07) is 8.06. The Labute approximate surface area is 127 Å². The number of rotatable bonds is 5. The molecule has 3 rings (SSSR count). The first-order chi connectivity index (χ1) is 10.2.